The molecule has 28 heavy (non-hydrogen) atoms. The van der Waals surface area contributed by atoms with E-state index in [0.29, 0.717) is 6.42 Å². The summed E-state index contributed by atoms with van der Waals surface area (Å²) < 4.78 is 6.78. The first-order chi connectivity index (χ1) is 13.5. The van der Waals surface area contributed by atoms with Crippen LogP contribution in [0.4, 0.5) is 11.4 Å². The molecule has 1 N–H and O–H groups in total. The van der Waals surface area contributed by atoms with Gasteiger partial charge in [-0.25, -0.2) is 4.98 Å². The molecule has 2 aromatic carbocycles. The third kappa shape index (κ3) is 4.14. The molecule has 0 radical (unpaired) electrons. The van der Waals surface area contributed by atoms with E-state index in [1.54, 1.807) is 10.6 Å². The van der Waals surface area contributed by atoms with Crippen LogP contribution in [-0.4, -0.2) is 33.0 Å². The highest BCUT2D eigenvalue weighted by molar-refractivity contribution is 5.94. The Morgan fingerprint density at radius 1 is 1.18 bits per heavy atom. The number of aromatic nitrogens is 2. The second kappa shape index (κ2) is 8.30. The lowest BCUT2D eigenvalue weighted by molar-refractivity contribution is -0.383. The van der Waals surface area contributed by atoms with E-state index in [1.807, 2.05) is 31.2 Å². The maximum absolute atomic E-state index is 12.2. The number of nitro groups is 1. The Morgan fingerprint density at radius 3 is 2.64 bits per heavy atom. The van der Waals surface area contributed by atoms with Crippen molar-refractivity contribution in [2.24, 2.45) is 0 Å². The molecule has 0 aliphatic rings. The quantitative estimate of drug-likeness (QED) is 0.381. The zero-order valence-corrected chi connectivity index (χ0v) is 15.1. The summed E-state index contributed by atoms with van der Waals surface area (Å²) >= 11 is 0. The van der Waals surface area contributed by atoms with E-state index in [2.05, 4.69) is 10.3 Å². The zero-order chi connectivity index (χ0) is 20.1. The van der Waals surface area contributed by atoms with Gasteiger partial charge in [0.15, 0.2) is 6.61 Å². The Bertz CT molecular complexity index is 1040. The highest BCUT2D eigenvalue weighted by Gasteiger charge is 2.17. The summed E-state index contributed by atoms with van der Waals surface area (Å²) in [6, 6.07) is 13.2. The fourth-order valence-electron chi connectivity index (χ4n) is 2.82. The van der Waals surface area contributed by atoms with Gasteiger partial charge < -0.3 is 14.6 Å². The van der Waals surface area contributed by atoms with Crippen molar-refractivity contribution in [3.05, 3.63) is 64.5 Å². The number of fused-ring (bicyclic) bond motifs is 1. The zero-order valence-electron chi connectivity index (χ0n) is 15.1. The number of rotatable bonds is 7. The molecular weight excluding hydrogens is 364 g/mol. The molecule has 0 fully saturated rings. The van der Waals surface area contributed by atoms with E-state index in [4.69, 9.17) is 4.74 Å². The second-order valence-electron chi connectivity index (χ2n) is 5.94. The molecule has 3 rings (SSSR count). The number of amides is 1. The van der Waals surface area contributed by atoms with Gasteiger partial charge in [-0.1, -0.05) is 31.2 Å². The molecule has 0 bridgehead atoms. The lowest BCUT2D eigenvalue weighted by Crippen LogP contribution is -2.23. The first kappa shape index (κ1) is 19.0. The molecule has 9 nitrogen and oxygen atoms in total. The van der Waals surface area contributed by atoms with Gasteiger partial charge in [0.1, 0.15) is 18.1 Å². The molecule has 1 heterocycles. The number of carbonyl (C=O) groups is 2. The van der Waals surface area contributed by atoms with Crippen LogP contribution in [0.25, 0.3) is 11.0 Å². The smallest absolute Gasteiger partial charge is 0.326 e. The number of imidazole rings is 1. The van der Waals surface area contributed by atoms with Crippen LogP contribution in [0.15, 0.2) is 48.5 Å². The summed E-state index contributed by atoms with van der Waals surface area (Å²) in [5.74, 6) is -0.521. The summed E-state index contributed by atoms with van der Waals surface area (Å²) in [5.41, 5.74) is 1.39. The number of benzene rings is 2. The van der Waals surface area contributed by atoms with Crippen molar-refractivity contribution in [3.63, 3.8) is 0 Å². The van der Waals surface area contributed by atoms with Crippen LogP contribution in [0.5, 0.6) is 0 Å². The molecule has 9 heteroatoms. The molecule has 0 spiro atoms. The van der Waals surface area contributed by atoms with Crippen LogP contribution in [-0.2, 0) is 27.3 Å². The minimum Gasteiger partial charge on any atom is -0.454 e. The number of hydrogen-bond acceptors (Lipinski definition) is 6. The number of nitrogens with one attached hydrogen (secondary N) is 1. The van der Waals surface area contributed by atoms with Gasteiger partial charge in [-0.15, -0.1) is 0 Å². The van der Waals surface area contributed by atoms with Crippen molar-refractivity contribution < 1.29 is 19.2 Å². The average molecular weight is 382 g/mol. The van der Waals surface area contributed by atoms with Crippen LogP contribution in [0, 0.1) is 10.1 Å². The van der Waals surface area contributed by atoms with E-state index in [-0.39, 0.29) is 17.9 Å². The number of carbonyl (C=O) groups excluding carboxylic acids is 2. The van der Waals surface area contributed by atoms with Gasteiger partial charge in [0.25, 0.3) is 11.6 Å². The summed E-state index contributed by atoms with van der Waals surface area (Å²) in [4.78, 5) is 39.0. The Labute approximate surface area is 160 Å². The van der Waals surface area contributed by atoms with E-state index < -0.39 is 23.4 Å². The van der Waals surface area contributed by atoms with Crippen LogP contribution in [0.1, 0.15) is 12.7 Å². The van der Waals surface area contributed by atoms with Crippen LogP contribution in [0.3, 0.4) is 0 Å². The van der Waals surface area contributed by atoms with E-state index in [9.17, 15) is 19.7 Å². The first-order valence-corrected chi connectivity index (χ1v) is 8.62. The Morgan fingerprint density at radius 2 is 1.89 bits per heavy atom. The third-order valence-electron chi connectivity index (χ3n) is 4.08. The SMILES string of the molecule is CCc1nc2ccccc2n1CC(=O)OCC(=O)Nc1ccccc1[N+](=O)[O-]. The number of anilines is 1. The molecule has 1 amide bonds. The lowest BCUT2D eigenvalue weighted by atomic mass is 10.2. The fourth-order valence-corrected chi connectivity index (χ4v) is 2.82. The molecule has 0 aliphatic carbocycles. The number of nitro benzene ring substituents is 1. The first-order valence-electron chi connectivity index (χ1n) is 8.62. The standard InChI is InChI=1S/C19H18N4O5/c1-2-17-20-13-7-3-5-9-15(13)22(17)11-19(25)28-12-18(24)21-14-8-4-6-10-16(14)23(26)27/h3-10H,2,11-12H2,1H3,(H,21,24). The summed E-state index contributed by atoms with van der Waals surface area (Å²) in [7, 11) is 0. The van der Waals surface area contributed by atoms with Crippen molar-refractivity contribution in [3.8, 4) is 0 Å². The predicted molar refractivity (Wildman–Crippen MR) is 102 cm³/mol. The summed E-state index contributed by atoms with van der Waals surface area (Å²) in [6.07, 6.45) is 0.639. The van der Waals surface area contributed by atoms with Crippen molar-refractivity contribution in [1.29, 1.82) is 0 Å². The molecule has 0 unspecified atom stereocenters. The van der Waals surface area contributed by atoms with Gasteiger partial charge >= 0.3 is 5.97 Å². The van der Waals surface area contributed by atoms with Gasteiger partial charge in [0, 0.05) is 12.5 Å². The van der Waals surface area contributed by atoms with Gasteiger partial charge in [0.2, 0.25) is 0 Å². The van der Waals surface area contributed by atoms with E-state index >= 15 is 0 Å². The Balaban J connectivity index is 1.62. The molecule has 144 valence electrons. The number of hydrogen-bond donors (Lipinski definition) is 1. The highest BCUT2D eigenvalue weighted by atomic mass is 16.6. The van der Waals surface area contributed by atoms with Crippen LogP contribution < -0.4 is 5.32 Å². The molecule has 3 aromatic rings. The van der Waals surface area contributed by atoms with Gasteiger partial charge in [-0.05, 0) is 18.2 Å². The number of aryl methyl sites for hydroxylation is 1. The van der Waals surface area contributed by atoms with Crippen molar-refractivity contribution in [2.45, 2.75) is 19.9 Å². The average Bonchev–Trinajstić information content (AvgIpc) is 3.04. The largest absolute Gasteiger partial charge is 0.454 e. The van der Waals surface area contributed by atoms with Crippen molar-refractivity contribution in [1.82, 2.24) is 9.55 Å². The number of esters is 1. The summed E-state index contributed by atoms with van der Waals surface area (Å²) in [6.45, 7) is 1.31. The maximum atomic E-state index is 12.2. The normalized spacial score (nSPS) is 10.6. The second-order valence-corrected chi connectivity index (χ2v) is 5.94. The topological polar surface area (TPSA) is 116 Å². The molecule has 0 saturated carbocycles. The summed E-state index contributed by atoms with van der Waals surface area (Å²) in [5, 5.41) is 13.4. The van der Waals surface area contributed by atoms with Gasteiger partial charge in [0.05, 0.1) is 16.0 Å². The molecule has 0 atom stereocenters. The van der Waals surface area contributed by atoms with Gasteiger partial charge in [-0.2, -0.15) is 0 Å². The van der Waals surface area contributed by atoms with E-state index in [0.717, 1.165) is 16.9 Å². The van der Waals surface area contributed by atoms with Crippen LogP contribution >= 0.6 is 0 Å². The number of ether oxygens (including phenoxy) is 1. The fraction of sp³-hybridized carbons (Fsp3) is 0.211. The molecule has 0 aliphatic heterocycles. The minimum absolute atomic E-state index is 0.0439. The Kier molecular flexibility index (Phi) is 5.64. The maximum Gasteiger partial charge on any atom is 0.326 e. The van der Waals surface area contributed by atoms with Crippen LogP contribution in [0.2, 0.25) is 0 Å². The molecular formula is C19H18N4O5. The molecule has 0 saturated heterocycles. The number of nitrogens with zero attached hydrogens (tertiary/aromatic N) is 3. The number of para-hydroxylation sites is 4. The van der Waals surface area contributed by atoms with Gasteiger partial charge in [-0.3, -0.25) is 19.7 Å². The lowest BCUT2D eigenvalue weighted by Gasteiger charge is -2.09. The molecule has 1 aromatic heterocycles. The van der Waals surface area contributed by atoms with E-state index in [1.165, 1.54) is 18.2 Å². The minimum atomic E-state index is -0.658. The highest BCUT2D eigenvalue weighted by Crippen LogP contribution is 2.23. The predicted octanol–water partition coefficient (Wildman–Crippen LogP) is 2.69. The van der Waals surface area contributed by atoms with Crippen molar-refractivity contribution in [2.75, 3.05) is 11.9 Å². The van der Waals surface area contributed by atoms with Crippen molar-refractivity contribution >= 4 is 34.3 Å². The Hall–Kier alpha value is -3.75. The monoisotopic (exact) mass is 382 g/mol. The third-order valence-corrected chi connectivity index (χ3v) is 4.08.